The maximum Gasteiger partial charge on any atom is 0.164 e. The van der Waals surface area contributed by atoms with Gasteiger partial charge in [0.05, 0.1) is 34.0 Å². The third kappa shape index (κ3) is 3.88. The number of rotatable bonds is 7. The van der Waals surface area contributed by atoms with Gasteiger partial charge in [0.15, 0.2) is 11.5 Å². The first-order valence-electron chi connectivity index (χ1n) is 8.05. The van der Waals surface area contributed by atoms with Crippen molar-refractivity contribution in [3.63, 3.8) is 0 Å². The van der Waals surface area contributed by atoms with Gasteiger partial charge in [-0.25, -0.2) is 0 Å². The van der Waals surface area contributed by atoms with Gasteiger partial charge < -0.3 is 24.2 Å². The zero-order valence-corrected chi connectivity index (χ0v) is 14.5. The zero-order chi connectivity index (χ0) is 16.8. The first-order chi connectivity index (χ1) is 11.2. The Hall–Kier alpha value is -1.50. The van der Waals surface area contributed by atoms with Crippen LogP contribution in [0.4, 0.5) is 0 Å². The van der Waals surface area contributed by atoms with Crippen molar-refractivity contribution in [1.82, 2.24) is 9.80 Å². The van der Waals surface area contributed by atoms with Crippen LogP contribution in [0.1, 0.15) is 18.5 Å². The summed E-state index contributed by atoms with van der Waals surface area (Å²) in [5, 5.41) is 9.98. The van der Waals surface area contributed by atoms with E-state index in [-0.39, 0.29) is 12.6 Å². The number of aliphatic hydroxyl groups is 1. The van der Waals surface area contributed by atoms with Crippen LogP contribution < -0.4 is 14.2 Å². The molecule has 0 saturated carbocycles. The molecule has 1 aromatic rings. The Morgan fingerprint density at radius 2 is 1.52 bits per heavy atom. The Kier molecular flexibility index (Phi) is 6.50. The zero-order valence-electron chi connectivity index (χ0n) is 14.5. The van der Waals surface area contributed by atoms with Crippen LogP contribution in [0, 0.1) is 0 Å². The molecule has 6 heteroatoms. The lowest BCUT2D eigenvalue weighted by molar-refractivity contribution is 0.0659. The molecule has 1 N–H and O–H groups in total. The van der Waals surface area contributed by atoms with Gasteiger partial charge in [-0.15, -0.1) is 0 Å². The fourth-order valence-electron chi connectivity index (χ4n) is 3.11. The van der Waals surface area contributed by atoms with Crippen molar-refractivity contribution in [3.8, 4) is 17.2 Å². The van der Waals surface area contributed by atoms with E-state index in [1.54, 1.807) is 21.3 Å². The molecule has 2 rings (SSSR count). The summed E-state index contributed by atoms with van der Waals surface area (Å²) >= 11 is 0. The second kappa shape index (κ2) is 8.38. The number of ether oxygens (including phenoxy) is 3. The van der Waals surface area contributed by atoms with Gasteiger partial charge >= 0.3 is 0 Å². The summed E-state index contributed by atoms with van der Waals surface area (Å²) in [6, 6.07) is 3.62. The standard InChI is InChI=1S/C17H28N2O4/c1-5-18-6-8-19(9-7-18)14(12-20)13-10-16(22-3)17(23-4)11-15(13)21-2/h10-11,14,20H,5-9,12H2,1-4H3. The minimum atomic E-state index is -0.108. The first-order valence-corrected chi connectivity index (χ1v) is 8.05. The van der Waals surface area contributed by atoms with E-state index < -0.39 is 0 Å². The Labute approximate surface area is 138 Å². The Morgan fingerprint density at radius 1 is 0.957 bits per heavy atom. The van der Waals surface area contributed by atoms with E-state index in [1.165, 1.54) is 0 Å². The van der Waals surface area contributed by atoms with Crippen molar-refractivity contribution < 1.29 is 19.3 Å². The van der Waals surface area contributed by atoms with E-state index >= 15 is 0 Å². The molecule has 1 atom stereocenters. The Morgan fingerprint density at radius 3 is 2.00 bits per heavy atom. The largest absolute Gasteiger partial charge is 0.496 e. The van der Waals surface area contributed by atoms with Crippen molar-refractivity contribution in [2.45, 2.75) is 13.0 Å². The Balaban J connectivity index is 2.29. The Bertz CT molecular complexity index is 502. The van der Waals surface area contributed by atoms with Crippen LogP contribution >= 0.6 is 0 Å². The third-order valence-corrected chi connectivity index (χ3v) is 4.56. The predicted molar refractivity (Wildman–Crippen MR) is 89.6 cm³/mol. The molecule has 1 unspecified atom stereocenters. The van der Waals surface area contributed by atoms with Crippen LogP contribution in [-0.4, -0.2) is 75.6 Å². The topological polar surface area (TPSA) is 54.4 Å². The maximum absolute atomic E-state index is 9.98. The van der Waals surface area contributed by atoms with Gasteiger partial charge in [0.2, 0.25) is 0 Å². The SMILES string of the molecule is CCN1CCN(C(CO)c2cc(OC)c(OC)cc2OC)CC1. The van der Waals surface area contributed by atoms with Crippen LogP contribution in [-0.2, 0) is 0 Å². The summed E-state index contributed by atoms with van der Waals surface area (Å²) in [4.78, 5) is 4.71. The molecule has 0 spiro atoms. The molecule has 1 heterocycles. The highest BCUT2D eigenvalue weighted by molar-refractivity contribution is 5.52. The minimum absolute atomic E-state index is 0.0397. The van der Waals surface area contributed by atoms with E-state index in [2.05, 4.69) is 16.7 Å². The summed E-state index contributed by atoms with van der Waals surface area (Å²) < 4.78 is 16.3. The molecule has 1 aliphatic rings. The van der Waals surface area contributed by atoms with Crippen molar-refractivity contribution in [3.05, 3.63) is 17.7 Å². The number of benzene rings is 1. The average Bonchev–Trinajstić information content (AvgIpc) is 2.62. The van der Waals surface area contributed by atoms with E-state index in [1.807, 2.05) is 12.1 Å². The molecule has 0 aromatic heterocycles. The lowest BCUT2D eigenvalue weighted by Gasteiger charge is -2.38. The van der Waals surface area contributed by atoms with Gasteiger partial charge in [0.1, 0.15) is 5.75 Å². The molecule has 1 aliphatic heterocycles. The number of likely N-dealkylation sites (N-methyl/N-ethyl adjacent to an activating group) is 1. The van der Waals surface area contributed by atoms with Gasteiger partial charge in [-0.1, -0.05) is 6.92 Å². The van der Waals surface area contributed by atoms with Crippen LogP contribution in [0.5, 0.6) is 17.2 Å². The molecule has 6 nitrogen and oxygen atoms in total. The fourth-order valence-corrected chi connectivity index (χ4v) is 3.11. The van der Waals surface area contributed by atoms with Gasteiger partial charge in [-0.2, -0.15) is 0 Å². The van der Waals surface area contributed by atoms with E-state index in [0.717, 1.165) is 38.3 Å². The van der Waals surface area contributed by atoms with E-state index in [9.17, 15) is 5.11 Å². The van der Waals surface area contributed by atoms with Crippen molar-refractivity contribution in [1.29, 1.82) is 0 Å². The van der Waals surface area contributed by atoms with Crippen LogP contribution in [0.25, 0.3) is 0 Å². The highest BCUT2D eigenvalue weighted by Gasteiger charge is 2.27. The number of piperazine rings is 1. The minimum Gasteiger partial charge on any atom is -0.496 e. The number of hydrogen-bond acceptors (Lipinski definition) is 6. The molecule has 23 heavy (non-hydrogen) atoms. The highest BCUT2D eigenvalue weighted by Crippen LogP contribution is 2.39. The molecular weight excluding hydrogens is 296 g/mol. The predicted octanol–water partition coefficient (Wildman–Crippen LogP) is 1.38. The molecule has 1 aromatic carbocycles. The lowest BCUT2D eigenvalue weighted by Crippen LogP contribution is -2.48. The molecular formula is C17H28N2O4. The van der Waals surface area contributed by atoms with Crippen LogP contribution in [0.15, 0.2) is 12.1 Å². The van der Waals surface area contributed by atoms with Crippen molar-refractivity contribution in [2.24, 2.45) is 0 Å². The third-order valence-electron chi connectivity index (χ3n) is 4.56. The quantitative estimate of drug-likeness (QED) is 0.818. The van der Waals surface area contributed by atoms with Crippen molar-refractivity contribution in [2.75, 3.05) is 60.7 Å². The summed E-state index contributed by atoms with van der Waals surface area (Å²) in [5.41, 5.74) is 0.928. The number of nitrogens with zero attached hydrogens (tertiary/aromatic N) is 2. The molecule has 0 amide bonds. The molecule has 1 fully saturated rings. The van der Waals surface area contributed by atoms with Gasteiger partial charge in [-0.05, 0) is 12.6 Å². The maximum atomic E-state index is 9.98. The van der Waals surface area contributed by atoms with E-state index in [0.29, 0.717) is 17.2 Å². The van der Waals surface area contributed by atoms with E-state index in [4.69, 9.17) is 14.2 Å². The van der Waals surface area contributed by atoms with Gasteiger partial charge in [-0.3, -0.25) is 4.90 Å². The first kappa shape index (κ1) is 17.8. The highest BCUT2D eigenvalue weighted by atomic mass is 16.5. The van der Waals surface area contributed by atoms with Crippen LogP contribution in [0.3, 0.4) is 0 Å². The fraction of sp³-hybridized carbons (Fsp3) is 0.647. The second-order valence-corrected chi connectivity index (χ2v) is 5.62. The normalized spacial score (nSPS) is 17.8. The number of hydrogen-bond donors (Lipinski definition) is 1. The molecule has 0 bridgehead atoms. The van der Waals surface area contributed by atoms with Gasteiger partial charge in [0.25, 0.3) is 0 Å². The molecule has 1 saturated heterocycles. The summed E-state index contributed by atoms with van der Waals surface area (Å²) in [6.07, 6.45) is 0. The summed E-state index contributed by atoms with van der Waals surface area (Å²) in [5.74, 6) is 1.98. The van der Waals surface area contributed by atoms with Crippen molar-refractivity contribution >= 4 is 0 Å². The summed E-state index contributed by atoms with van der Waals surface area (Å²) in [6.45, 7) is 7.17. The second-order valence-electron chi connectivity index (χ2n) is 5.62. The average molecular weight is 324 g/mol. The number of aliphatic hydroxyl groups excluding tert-OH is 1. The molecule has 0 aliphatic carbocycles. The van der Waals surface area contributed by atoms with Crippen LogP contribution in [0.2, 0.25) is 0 Å². The van der Waals surface area contributed by atoms with Gasteiger partial charge in [0, 0.05) is 37.8 Å². The number of methoxy groups -OCH3 is 3. The lowest BCUT2D eigenvalue weighted by atomic mass is 10.0. The smallest absolute Gasteiger partial charge is 0.164 e. The summed E-state index contributed by atoms with van der Waals surface area (Å²) in [7, 11) is 4.85. The molecule has 130 valence electrons. The molecule has 0 radical (unpaired) electrons. The monoisotopic (exact) mass is 324 g/mol.